The second-order valence-corrected chi connectivity index (χ2v) is 8.75. The molecule has 2 unspecified atom stereocenters. The van der Waals surface area contributed by atoms with Gasteiger partial charge in [-0.25, -0.2) is 8.42 Å². The van der Waals surface area contributed by atoms with Gasteiger partial charge in [-0.05, 0) is 22.4 Å². The van der Waals surface area contributed by atoms with Crippen LogP contribution in [0.5, 0.6) is 0 Å². The number of carbonyl (C=O) groups is 1. The van der Waals surface area contributed by atoms with Crippen LogP contribution in [0.15, 0.2) is 20.0 Å². The summed E-state index contributed by atoms with van der Waals surface area (Å²) in [6.45, 7) is 3.98. The second-order valence-electron chi connectivity index (χ2n) is 5.49. The zero-order chi connectivity index (χ0) is 16.0. The lowest BCUT2D eigenvalue weighted by Crippen LogP contribution is -2.61. The molecule has 1 aromatic heterocycles. The van der Waals surface area contributed by atoms with Crippen molar-refractivity contribution in [3.05, 3.63) is 16.5 Å². The summed E-state index contributed by atoms with van der Waals surface area (Å²) in [4.78, 5) is 11.9. The quantitative estimate of drug-likeness (QED) is 0.785. The van der Waals surface area contributed by atoms with Crippen LogP contribution in [-0.2, 0) is 13.8 Å². The highest BCUT2D eigenvalue weighted by Crippen LogP contribution is 2.42. The summed E-state index contributed by atoms with van der Waals surface area (Å²) >= 11 is 2.93. The molecule has 6 nitrogen and oxygen atoms in total. The van der Waals surface area contributed by atoms with E-state index in [2.05, 4.69) is 21.2 Å². The Morgan fingerprint density at radius 3 is 2.62 bits per heavy atom. The van der Waals surface area contributed by atoms with Crippen molar-refractivity contribution >= 4 is 41.6 Å². The Balaban J connectivity index is 2.13. The van der Waals surface area contributed by atoms with Crippen LogP contribution in [-0.4, -0.2) is 33.6 Å². The smallest absolute Gasteiger partial charge is 0.287 e. The van der Waals surface area contributed by atoms with Crippen LogP contribution in [0.3, 0.4) is 0 Å². The Bertz CT molecular complexity index is 669. The number of nitrogens with one attached hydrogen (secondary N) is 1. The van der Waals surface area contributed by atoms with Crippen molar-refractivity contribution in [1.29, 1.82) is 0 Å². The zero-order valence-corrected chi connectivity index (χ0v) is 14.8. The molecule has 0 aliphatic heterocycles. The average molecular weight is 401 g/mol. The van der Waals surface area contributed by atoms with Crippen molar-refractivity contribution in [1.82, 2.24) is 5.32 Å². The minimum atomic E-state index is -3.97. The maximum Gasteiger partial charge on any atom is 0.287 e. The Morgan fingerprint density at radius 2 is 2.19 bits per heavy atom. The third-order valence-corrected chi connectivity index (χ3v) is 6.09. The van der Waals surface area contributed by atoms with E-state index >= 15 is 0 Å². The fourth-order valence-corrected chi connectivity index (χ4v) is 4.42. The maximum atomic E-state index is 12.1. The van der Waals surface area contributed by atoms with Gasteiger partial charge in [0.05, 0.1) is 6.10 Å². The number of methoxy groups -OCH3 is 1. The first kappa shape index (κ1) is 16.8. The molecule has 21 heavy (non-hydrogen) atoms. The van der Waals surface area contributed by atoms with Gasteiger partial charge in [0.25, 0.3) is 15.0 Å². The molecule has 118 valence electrons. The topological polar surface area (TPSA) is 85.6 Å². The number of halogens is 2. The minimum absolute atomic E-state index is 0.0740. The van der Waals surface area contributed by atoms with Crippen LogP contribution in [0.25, 0.3) is 0 Å². The fourth-order valence-electron chi connectivity index (χ4n) is 2.39. The van der Waals surface area contributed by atoms with E-state index in [9.17, 15) is 13.2 Å². The molecule has 1 aromatic rings. The number of ether oxygens (including phenoxy) is 1. The van der Waals surface area contributed by atoms with Crippen molar-refractivity contribution in [3.8, 4) is 0 Å². The van der Waals surface area contributed by atoms with Crippen LogP contribution in [0, 0.1) is 5.41 Å². The van der Waals surface area contributed by atoms with Gasteiger partial charge in [0, 0.05) is 35.3 Å². The van der Waals surface area contributed by atoms with Crippen molar-refractivity contribution < 1.29 is 22.4 Å². The summed E-state index contributed by atoms with van der Waals surface area (Å²) < 4.78 is 32.9. The summed E-state index contributed by atoms with van der Waals surface area (Å²) in [7, 11) is 2.90. The van der Waals surface area contributed by atoms with E-state index in [0.29, 0.717) is 6.42 Å². The summed E-state index contributed by atoms with van der Waals surface area (Å²) in [5, 5.41) is 2.81. The molecule has 1 saturated carbocycles. The molecule has 1 fully saturated rings. The molecular formula is C12H15BrClNO5S. The molecule has 0 radical (unpaired) electrons. The van der Waals surface area contributed by atoms with Gasteiger partial charge in [0.15, 0.2) is 10.4 Å². The number of rotatable bonds is 4. The van der Waals surface area contributed by atoms with Crippen molar-refractivity contribution in [2.45, 2.75) is 37.3 Å². The van der Waals surface area contributed by atoms with E-state index in [1.54, 1.807) is 7.11 Å². The summed E-state index contributed by atoms with van der Waals surface area (Å²) in [5.74, 6) is -0.604. The van der Waals surface area contributed by atoms with Gasteiger partial charge in [-0.2, -0.15) is 0 Å². The van der Waals surface area contributed by atoms with Gasteiger partial charge >= 0.3 is 0 Å². The second kappa shape index (κ2) is 5.57. The Hall–Kier alpha value is -0.570. The van der Waals surface area contributed by atoms with Gasteiger partial charge in [-0.1, -0.05) is 13.8 Å². The maximum absolute atomic E-state index is 12.1. The van der Waals surface area contributed by atoms with Gasteiger partial charge in [-0.15, -0.1) is 0 Å². The summed E-state index contributed by atoms with van der Waals surface area (Å²) in [6.07, 6.45) is 0.766. The SMILES string of the molecule is COC1CC(NC(=O)c2cc(S(=O)(=O)Cl)c(Br)o2)C1(C)C. The van der Waals surface area contributed by atoms with Gasteiger partial charge < -0.3 is 14.5 Å². The summed E-state index contributed by atoms with van der Waals surface area (Å²) in [6, 6.07) is 1.02. The third kappa shape index (κ3) is 3.13. The molecule has 0 spiro atoms. The van der Waals surface area contributed by atoms with E-state index in [1.807, 2.05) is 13.8 Å². The lowest BCUT2D eigenvalue weighted by molar-refractivity contribution is -0.0943. The minimum Gasteiger partial charge on any atom is -0.443 e. The predicted octanol–water partition coefficient (Wildman–Crippen LogP) is 2.51. The van der Waals surface area contributed by atoms with Gasteiger partial charge in [0.1, 0.15) is 4.90 Å². The van der Waals surface area contributed by atoms with E-state index in [4.69, 9.17) is 19.8 Å². The fraction of sp³-hybridized carbons (Fsp3) is 0.583. The van der Waals surface area contributed by atoms with Crippen LogP contribution >= 0.6 is 26.6 Å². The number of carbonyl (C=O) groups excluding carboxylic acids is 1. The standard InChI is InChI=1S/C12H15BrClNO5S/c1-12(2)8(5-9(12)19-3)15-11(16)6-4-7(10(13)20-6)21(14,17)18/h4,8-9H,5H2,1-3H3,(H,15,16). The van der Waals surface area contributed by atoms with Crippen LogP contribution in [0.4, 0.5) is 0 Å². The largest absolute Gasteiger partial charge is 0.443 e. The number of hydrogen-bond donors (Lipinski definition) is 1. The number of furan rings is 1. The first-order valence-corrected chi connectivity index (χ1v) is 9.25. The Kier molecular flexibility index (Phi) is 4.45. The monoisotopic (exact) mass is 399 g/mol. The highest BCUT2D eigenvalue weighted by Gasteiger charge is 2.49. The molecule has 1 heterocycles. The van der Waals surface area contributed by atoms with Gasteiger partial charge in [-0.3, -0.25) is 4.79 Å². The number of hydrogen-bond acceptors (Lipinski definition) is 5. The van der Waals surface area contributed by atoms with Crippen molar-refractivity contribution in [2.24, 2.45) is 5.41 Å². The van der Waals surface area contributed by atoms with E-state index in [-0.39, 0.29) is 32.9 Å². The first-order chi connectivity index (χ1) is 9.57. The van der Waals surface area contributed by atoms with E-state index in [1.165, 1.54) is 0 Å². The molecule has 0 aromatic carbocycles. The van der Waals surface area contributed by atoms with E-state index < -0.39 is 15.0 Å². The molecule has 2 rings (SSSR count). The first-order valence-electron chi connectivity index (χ1n) is 6.15. The lowest BCUT2D eigenvalue weighted by atomic mass is 9.64. The average Bonchev–Trinajstić information content (AvgIpc) is 2.75. The van der Waals surface area contributed by atoms with Crippen LogP contribution < -0.4 is 5.32 Å². The molecule has 0 bridgehead atoms. The molecule has 9 heteroatoms. The molecule has 1 amide bonds. The molecule has 2 atom stereocenters. The normalized spacial score (nSPS) is 24.4. The third-order valence-electron chi connectivity index (χ3n) is 3.91. The lowest BCUT2D eigenvalue weighted by Gasteiger charge is -2.51. The summed E-state index contributed by atoms with van der Waals surface area (Å²) in [5.41, 5.74) is -0.199. The van der Waals surface area contributed by atoms with Gasteiger partial charge in [0.2, 0.25) is 0 Å². The molecule has 0 saturated heterocycles. The van der Waals surface area contributed by atoms with Crippen LogP contribution in [0.1, 0.15) is 30.8 Å². The zero-order valence-electron chi connectivity index (χ0n) is 11.6. The molecular weight excluding hydrogens is 386 g/mol. The van der Waals surface area contributed by atoms with Crippen molar-refractivity contribution in [2.75, 3.05) is 7.11 Å². The molecule has 1 N–H and O–H groups in total. The predicted molar refractivity (Wildman–Crippen MR) is 79.9 cm³/mol. The van der Waals surface area contributed by atoms with Crippen molar-refractivity contribution in [3.63, 3.8) is 0 Å². The van der Waals surface area contributed by atoms with Crippen LogP contribution in [0.2, 0.25) is 0 Å². The highest BCUT2D eigenvalue weighted by atomic mass is 79.9. The highest BCUT2D eigenvalue weighted by molar-refractivity contribution is 9.10. The van der Waals surface area contributed by atoms with E-state index in [0.717, 1.165) is 6.07 Å². The number of amides is 1. The molecule has 1 aliphatic carbocycles. The Labute approximate surface area is 135 Å². The molecule has 1 aliphatic rings. The Morgan fingerprint density at radius 1 is 1.57 bits per heavy atom.